The normalized spacial score (nSPS) is 12.2. The molecule has 1 N–H and O–H groups in total. The van der Waals surface area contributed by atoms with Crippen LogP contribution in [0.25, 0.3) is 0 Å². The molecule has 0 amide bonds. The molecule has 0 fully saturated rings. The molecule has 0 bridgehead atoms. The van der Waals surface area contributed by atoms with Gasteiger partial charge in [0, 0.05) is 17.8 Å². The lowest BCUT2D eigenvalue weighted by molar-refractivity contribution is 0.446. The standard InChI is InChI=1S/C16H20N2O/c1-4-13-7-5-8-14(11-13)19-16-15(12(2)17-3)9-6-10-18-16/h5-12,17H,4H2,1-3H3. The first-order valence-corrected chi connectivity index (χ1v) is 6.63. The second-order valence-electron chi connectivity index (χ2n) is 4.51. The van der Waals surface area contributed by atoms with Gasteiger partial charge in [0.1, 0.15) is 5.75 Å². The highest BCUT2D eigenvalue weighted by atomic mass is 16.5. The number of nitrogens with zero attached hydrogens (tertiary/aromatic N) is 1. The smallest absolute Gasteiger partial charge is 0.223 e. The molecule has 0 saturated carbocycles. The third kappa shape index (κ3) is 3.32. The van der Waals surface area contributed by atoms with Crippen molar-refractivity contribution in [2.45, 2.75) is 26.3 Å². The van der Waals surface area contributed by atoms with Gasteiger partial charge < -0.3 is 10.1 Å². The Labute approximate surface area is 114 Å². The van der Waals surface area contributed by atoms with Crippen LogP contribution in [-0.2, 0) is 6.42 Å². The number of ether oxygens (including phenoxy) is 1. The molecule has 1 aromatic heterocycles. The van der Waals surface area contributed by atoms with Crippen LogP contribution in [0.4, 0.5) is 0 Å². The minimum atomic E-state index is 0.207. The molecule has 3 nitrogen and oxygen atoms in total. The van der Waals surface area contributed by atoms with E-state index in [1.54, 1.807) is 6.20 Å². The molecule has 0 radical (unpaired) electrons. The topological polar surface area (TPSA) is 34.1 Å². The summed E-state index contributed by atoms with van der Waals surface area (Å²) in [4.78, 5) is 4.34. The summed E-state index contributed by atoms with van der Waals surface area (Å²) in [6.07, 6.45) is 2.75. The molecule has 100 valence electrons. The van der Waals surface area contributed by atoms with E-state index in [0.717, 1.165) is 17.7 Å². The molecule has 1 heterocycles. The number of aromatic nitrogens is 1. The van der Waals surface area contributed by atoms with Crippen LogP contribution in [-0.4, -0.2) is 12.0 Å². The summed E-state index contributed by atoms with van der Waals surface area (Å²) in [5.74, 6) is 1.50. The molecule has 0 saturated heterocycles. The van der Waals surface area contributed by atoms with Crippen molar-refractivity contribution in [2.24, 2.45) is 0 Å². The van der Waals surface area contributed by atoms with Gasteiger partial charge in [-0.1, -0.05) is 25.1 Å². The third-order valence-corrected chi connectivity index (χ3v) is 3.22. The Morgan fingerprint density at radius 3 is 2.84 bits per heavy atom. The third-order valence-electron chi connectivity index (χ3n) is 3.22. The molecule has 2 rings (SSSR count). The molecular formula is C16H20N2O. The van der Waals surface area contributed by atoms with E-state index < -0.39 is 0 Å². The monoisotopic (exact) mass is 256 g/mol. The van der Waals surface area contributed by atoms with E-state index in [0.29, 0.717) is 5.88 Å². The first kappa shape index (κ1) is 13.6. The number of aryl methyl sites for hydroxylation is 1. The Bertz CT molecular complexity index is 540. The van der Waals surface area contributed by atoms with E-state index in [9.17, 15) is 0 Å². The minimum Gasteiger partial charge on any atom is -0.439 e. The van der Waals surface area contributed by atoms with Gasteiger partial charge in [-0.25, -0.2) is 4.98 Å². The molecule has 1 unspecified atom stereocenters. The minimum absolute atomic E-state index is 0.207. The van der Waals surface area contributed by atoms with Gasteiger partial charge in [-0.15, -0.1) is 0 Å². The molecule has 0 spiro atoms. The Kier molecular flexibility index (Phi) is 4.53. The van der Waals surface area contributed by atoms with Crippen LogP contribution in [0, 0.1) is 0 Å². The lowest BCUT2D eigenvalue weighted by Gasteiger charge is -2.15. The van der Waals surface area contributed by atoms with Crippen LogP contribution in [0.3, 0.4) is 0 Å². The van der Waals surface area contributed by atoms with E-state index in [-0.39, 0.29) is 6.04 Å². The number of hydrogen-bond acceptors (Lipinski definition) is 3. The van der Waals surface area contributed by atoms with Crippen molar-refractivity contribution >= 4 is 0 Å². The van der Waals surface area contributed by atoms with Crippen LogP contribution in [0.2, 0.25) is 0 Å². The summed E-state index contributed by atoms with van der Waals surface area (Å²) in [5.41, 5.74) is 2.32. The molecular weight excluding hydrogens is 236 g/mol. The van der Waals surface area contributed by atoms with Crippen molar-refractivity contribution in [1.29, 1.82) is 0 Å². The molecule has 0 aliphatic heterocycles. The molecule has 19 heavy (non-hydrogen) atoms. The Morgan fingerprint density at radius 1 is 1.26 bits per heavy atom. The van der Waals surface area contributed by atoms with Gasteiger partial charge in [-0.2, -0.15) is 0 Å². The van der Waals surface area contributed by atoms with Crippen molar-refractivity contribution in [2.75, 3.05) is 7.05 Å². The summed E-state index contributed by atoms with van der Waals surface area (Å²) >= 11 is 0. The van der Waals surface area contributed by atoms with E-state index in [1.165, 1.54) is 5.56 Å². The zero-order valence-corrected chi connectivity index (χ0v) is 11.7. The zero-order valence-electron chi connectivity index (χ0n) is 11.7. The first-order valence-electron chi connectivity index (χ1n) is 6.63. The fourth-order valence-corrected chi connectivity index (χ4v) is 1.91. The first-order chi connectivity index (χ1) is 9.24. The van der Waals surface area contributed by atoms with Crippen molar-refractivity contribution in [3.63, 3.8) is 0 Å². The Hall–Kier alpha value is -1.87. The maximum atomic E-state index is 5.92. The average molecular weight is 256 g/mol. The lowest BCUT2D eigenvalue weighted by Crippen LogP contribution is -2.13. The molecule has 1 atom stereocenters. The van der Waals surface area contributed by atoms with Gasteiger partial charge in [0.05, 0.1) is 0 Å². The zero-order chi connectivity index (χ0) is 13.7. The van der Waals surface area contributed by atoms with Gasteiger partial charge >= 0.3 is 0 Å². The van der Waals surface area contributed by atoms with Crippen molar-refractivity contribution in [3.05, 3.63) is 53.7 Å². The quantitative estimate of drug-likeness (QED) is 0.885. The van der Waals surface area contributed by atoms with Gasteiger partial charge in [-0.3, -0.25) is 0 Å². The number of benzene rings is 1. The van der Waals surface area contributed by atoms with Gasteiger partial charge in [0.15, 0.2) is 0 Å². The average Bonchev–Trinajstić information content (AvgIpc) is 2.47. The number of nitrogens with one attached hydrogen (secondary N) is 1. The molecule has 3 heteroatoms. The number of pyridine rings is 1. The highest BCUT2D eigenvalue weighted by Crippen LogP contribution is 2.27. The lowest BCUT2D eigenvalue weighted by atomic mass is 10.1. The Morgan fingerprint density at radius 2 is 2.11 bits per heavy atom. The summed E-state index contributed by atoms with van der Waals surface area (Å²) in [6, 6.07) is 12.3. The molecule has 0 aliphatic rings. The fourth-order valence-electron chi connectivity index (χ4n) is 1.91. The fraction of sp³-hybridized carbons (Fsp3) is 0.312. The largest absolute Gasteiger partial charge is 0.439 e. The SMILES string of the molecule is CCc1cccc(Oc2ncccc2C(C)NC)c1. The van der Waals surface area contributed by atoms with Crippen molar-refractivity contribution in [3.8, 4) is 11.6 Å². The van der Waals surface area contributed by atoms with Gasteiger partial charge in [0.2, 0.25) is 5.88 Å². The van der Waals surface area contributed by atoms with E-state index >= 15 is 0 Å². The van der Waals surface area contributed by atoms with Crippen LogP contribution in [0.1, 0.15) is 31.0 Å². The van der Waals surface area contributed by atoms with Crippen LogP contribution >= 0.6 is 0 Å². The van der Waals surface area contributed by atoms with Crippen LogP contribution < -0.4 is 10.1 Å². The van der Waals surface area contributed by atoms with E-state index in [1.807, 2.05) is 31.3 Å². The van der Waals surface area contributed by atoms with Crippen molar-refractivity contribution < 1.29 is 4.74 Å². The maximum Gasteiger partial charge on any atom is 0.223 e. The summed E-state index contributed by atoms with van der Waals surface area (Å²) in [5, 5.41) is 3.21. The highest BCUT2D eigenvalue weighted by molar-refractivity contribution is 5.35. The summed E-state index contributed by atoms with van der Waals surface area (Å²) in [7, 11) is 1.93. The molecule has 1 aromatic carbocycles. The van der Waals surface area contributed by atoms with Gasteiger partial charge in [0.25, 0.3) is 0 Å². The number of hydrogen-bond donors (Lipinski definition) is 1. The van der Waals surface area contributed by atoms with E-state index in [2.05, 4.69) is 36.3 Å². The summed E-state index contributed by atoms with van der Waals surface area (Å²) in [6.45, 7) is 4.22. The number of rotatable bonds is 5. The van der Waals surface area contributed by atoms with E-state index in [4.69, 9.17) is 4.74 Å². The predicted molar refractivity (Wildman–Crippen MR) is 77.6 cm³/mol. The van der Waals surface area contributed by atoms with Crippen LogP contribution in [0.5, 0.6) is 11.6 Å². The van der Waals surface area contributed by atoms with Gasteiger partial charge in [-0.05, 0) is 44.2 Å². The highest BCUT2D eigenvalue weighted by Gasteiger charge is 2.11. The Balaban J connectivity index is 2.27. The second kappa shape index (κ2) is 6.34. The van der Waals surface area contributed by atoms with Crippen molar-refractivity contribution in [1.82, 2.24) is 10.3 Å². The van der Waals surface area contributed by atoms with Crippen LogP contribution in [0.15, 0.2) is 42.6 Å². The predicted octanol–water partition coefficient (Wildman–Crippen LogP) is 3.72. The maximum absolute atomic E-state index is 5.92. The second-order valence-corrected chi connectivity index (χ2v) is 4.51. The molecule has 2 aromatic rings. The molecule has 0 aliphatic carbocycles. The summed E-state index contributed by atoms with van der Waals surface area (Å²) < 4.78 is 5.92.